The van der Waals surface area contributed by atoms with Gasteiger partial charge in [-0.3, -0.25) is 0 Å². The fourth-order valence-corrected chi connectivity index (χ4v) is 2.32. The first-order chi connectivity index (χ1) is 9.22. The Labute approximate surface area is 122 Å². The lowest BCUT2D eigenvalue weighted by atomic mass is 10.2. The summed E-state index contributed by atoms with van der Waals surface area (Å²) in [6.07, 6.45) is 1.84. The average molecular weight is 320 g/mol. The maximum Gasteiger partial charge on any atom is 0.137 e. The molecule has 1 aromatic heterocycles. The standard InChI is InChI=1S/C15H18BrN3/c1-3-17-10-12-9-13(16)11-18-15(12)19(2)14-7-5-4-6-8-14/h4-9,11,17H,3,10H2,1-2H3. The van der Waals surface area contributed by atoms with Gasteiger partial charge in [-0.25, -0.2) is 4.98 Å². The number of aromatic nitrogens is 1. The van der Waals surface area contributed by atoms with Crippen LogP contribution >= 0.6 is 15.9 Å². The maximum atomic E-state index is 4.55. The first-order valence-corrected chi connectivity index (χ1v) is 7.15. The molecule has 1 aromatic carbocycles. The molecule has 3 nitrogen and oxygen atoms in total. The number of rotatable bonds is 5. The summed E-state index contributed by atoms with van der Waals surface area (Å²) in [7, 11) is 2.04. The molecule has 2 aromatic rings. The Balaban J connectivity index is 2.32. The molecule has 0 fully saturated rings. The minimum atomic E-state index is 0.815. The molecular formula is C15H18BrN3. The van der Waals surface area contributed by atoms with Crippen molar-refractivity contribution < 1.29 is 0 Å². The lowest BCUT2D eigenvalue weighted by Gasteiger charge is -2.21. The molecule has 0 aliphatic heterocycles. The molecule has 4 heteroatoms. The summed E-state index contributed by atoms with van der Waals surface area (Å²) in [5, 5.41) is 3.35. The van der Waals surface area contributed by atoms with E-state index in [-0.39, 0.29) is 0 Å². The number of para-hydroxylation sites is 1. The smallest absolute Gasteiger partial charge is 0.137 e. The van der Waals surface area contributed by atoms with E-state index in [1.54, 1.807) is 0 Å². The monoisotopic (exact) mass is 319 g/mol. The van der Waals surface area contributed by atoms with E-state index in [4.69, 9.17) is 0 Å². The van der Waals surface area contributed by atoms with E-state index >= 15 is 0 Å². The van der Waals surface area contributed by atoms with Gasteiger partial charge in [0.25, 0.3) is 0 Å². The van der Waals surface area contributed by atoms with Crippen LogP contribution in [0.5, 0.6) is 0 Å². The van der Waals surface area contributed by atoms with Gasteiger partial charge in [-0.05, 0) is 40.7 Å². The van der Waals surface area contributed by atoms with Gasteiger partial charge in [0.2, 0.25) is 0 Å². The van der Waals surface area contributed by atoms with E-state index in [1.807, 2.05) is 31.4 Å². The predicted molar refractivity (Wildman–Crippen MR) is 83.8 cm³/mol. The second-order valence-corrected chi connectivity index (χ2v) is 5.23. The minimum absolute atomic E-state index is 0.815. The molecule has 0 aliphatic rings. The van der Waals surface area contributed by atoms with Crippen molar-refractivity contribution in [3.05, 3.63) is 52.6 Å². The van der Waals surface area contributed by atoms with E-state index in [9.17, 15) is 0 Å². The van der Waals surface area contributed by atoms with Crippen molar-refractivity contribution in [2.45, 2.75) is 13.5 Å². The zero-order chi connectivity index (χ0) is 13.7. The summed E-state index contributed by atoms with van der Waals surface area (Å²) in [5.74, 6) is 0.982. The molecule has 0 aliphatic carbocycles. The van der Waals surface area contributed by atoms with Crippen molar-refractivity contribution in [2.24, 2.45) is 0 Å². The lowest BCUT2D eigenvalue weighted by molar-refractivity contribution is 0.723. The van der Waals surface area contributed by atoms with Gasteiger partial charge in [0, 0.05) is 35.5 Å². The molecule has 0 amide bonds. The number of nitrogens with zero attached hydrogens (tertiary/aromatic N) is 2. The molecule has 0 radical (unpaired) electrons. The Morgan fingerprint density at radius 3 is 2.68 bits per heavy atom. The van der Waals surface area contributed by atoms with Crippen LogP contribution in [-0.2, 0) is 6.54 Å². The highest BCUT2D eigenvalue weighted by Gasteiger charge is 2.11. The molecule has 0 saturated heterocycles. The molecule has 0 bridgehead atoms. The third-order valence-electron chi connectivity index (χ3n) is 2.94. The third-order valence-corrected chi connectivity index (χ3v) is 3.37. The number of nitrogens with one attached hydrogen (secondary N) is 1. The molecule has 100 valence electrons. The molecule has 2 rings (SSSR count). The van der Waals surface area contributed by atoms with E-state index in [0.717, 1.165) is 29.1 Å². The van der Waals surface area contributed by atoms with Crippen LogP contribution in [0.2, 0.25) is 0 Å². The molecule has 1 N–H and O–H groups in total. The summed E-state index contributed by atoms with van der Waals surface area (Å²) < 4.78 is 1.01. The number of halogens is 1. The zero-order valence-electron chi connectivity index (χ0n) is 11.2. The quantitative estimate of drug-likeness (QED) is 0.910. The van der Waals surface area contributed by atoms with Gasteiger partial charge >= 0.3 is 0 Å². The summed E-state index contributed by atoms with van der Waals surface area (Å²) in [6, 6.07) is 12.4. The number of hydrogen-bond donors (Lipinski definition) is 1. The molecule has 0 spiro atoms. The van der Waals surface area contributed by atoms with Crippen LogP contribution in [0.1, 0.15) is 12.5 Å². The summed E-state index contributed by atoms with van der Waals surface area (Å²) in [5.41, 5.74) is 2.32. The normalized spacial score (nSPS) is 10.5. The van der Waals surface area contributed by atoms with Crippen LogP contribution < -0.4 is 10.2 Å². The van der Waals surface area contributed by atoms with E-state index in [1.165, 1.54) is 5.56 Å². The fraction of sp³-hybridized carbons (Fsp3) is 0.267. The third kappa shape index (κ3) is 3.55. The van der Waals surface area contributed by atoms with Gasteiger partial charge in [0.1, 0.15) is 5.82 Å². The van der Waals surface area contributed by atoms with E-state index in [2.05, 4.69) is 56.3 Å². The van der Waals surface area contributed by atoms with Crippen molar-refractivity contribution in [2.75, 3.05) is 18.5 Å². The molecule has 0 saturated carbocycles. The molecule has 0 unspecified atom stereocenters. The minimum Gasteiger partial charge on any atom is -0.329 e. The Hall–Kier alpha value is -1.39. The Bertz CT molecular complexity index is 528. The van der Waals surface area contributed by atoms with Crippen molar-refractivity contribution >= 4 is 27.4 Å². The fourth-order valence-electron chi connectivity index (χ4n) is 1.94. The highest BCUT2D eigenvalue weighted by atomic mass is 79.9. The first kappa shape index (κ1) is 14.0. The van der Waals surface area contributed by atoms with Gasteiger partial charge in [-0.2, -0.15) is 0 Å². The van der Waals surface area contributed by atoms with Crippen LogP contribution in [0.4, 0.5) is 11.5 Å². The van der Waals surface area contributed by atoms with Crippen molar-refractivity contribution in [1.82, 2.24) is 10.3 Å². The van der Waals surface area contributed by atoms with Crippen molar-refractivity contribution in [1.29, 1.82) is 0 Å². The van der Waals surface area contributed by atoms with Gasteiger partial charge in [0.15, 0.2) is 0 Å². The molecular weight excluding hydrogens is 302 g/mol. The van der Waals surface area contributed by atoms with Gasteiger partial charge in [0.05, 0.1) is 0 Å². The number of hydrogen-bond acceptors (Lipinski definition) is 3. The maximum absolute atomic E-state index is 4.55. The van der Waals surface area contributed by atoms with E-state index in [0.29, 0.717) is 0 Å². The lowest BCUT2D eigenvalue weighted by Crippen LogP contribution is -2.18. The summed E-state index contributed by atoms with van der Waals surface area (Å²) >= 11 is 3.48. The second-order valence-electron chi connectivity index (χ2n) is 4.31. The zero-order valence-corrected chi connectivity index (χ0v) is 12.8. The SMILES string of the molecule is CCNCc1cc(Br)cnc1N(C)c1ccccc1. The van der Waals surface area contributed by atoms with Crippen LogP contribution in [0.15, 0.2) is 47.1 Å². The molecule has 1 heterocycles. The van der Waals surface area contributed by atoms with Crippen LogP contribution in [0.3, 0.4) is 0 Å². The highest BCUT2D eigenvalue weighted by Crippen LogP contribution is 2.26. The van der Waals surface area contributed by atoms with Crippen LogP contribution in [-0.4, -0.2) is 18.6 Å². The Morgan fingerprint density at radius 2 is 2.00 bits per heavy atom. The van der Waals surface area contributed by atoms with Crippen LogP contribution in [0.25, 0.3) is 0 Å². The number of benzene rings is 1. The molecule has 0 atom stereocenters. The first-order valence-electron chi connectivity index (χ1n) is 6.36. The summed E-state index contributed by atoms with van der Waals surface area (Å²) in [4.78, 5) is 6.66. The van der Waals surface area contributed by atoms with Crippen molar-refractivity contribution in [3.8, 4) is 0 Å². The highest BCUT2D eigenvalue weighted by molar-refractivity contribution is 9.10. The predicted octanol–water partition coefficient (Wildman–Crippen LogP) is 3.72. The summed E-state index contributed by atoms with van der Waals surface area (Å²) in [6.45, 7) is 3.86. The average Bonchev–Trinajstić information content (AvgIpc) is 2.45. The topological polar surface area (TPSA) is 28.2 Å². The van der Waals surface area contributed by atoms with Gasteiger partial charge in [-0.1, -0.05) is 25.1 Å². The Kier molecular flexibility index (Phi) is 4.93. The molecule has 19 heavy (non-hydrogen) atoms. The number of pyridine rings is 1. The van der Waals surface area contributed by atoms with Crippen LogP contribution in [0, 0.1) is 0 Å². The number of anilines is 2. The Morgan fingerprint density at radius 1 is 1.26 bits per heavy atom. The van der Waals surface area contributed by atoms with E-state index < -0.39 is 0 Å². The second kappa shape index (κ2) is 6.68. The largest absolute Gasteiger partial charge is 0.329 e. The van der Waals surface area contributed by atoms with Gasteiger partial charge in [-0.15, -0.1) is 0 Å². The van der Waals surface area contributed by atoms with Crippen molar-refractivity contribution in [3.63, 3.8) is 0 Å². The van der Waals surface area contributed by atoms with Gasteiger partial charge < -0.3 is 10.2 Å².